The van der Waals surface area contributed by atoms with E-state index in [1.165, 1.54) is 23.5 Å². The topological polar surface area (TPSA) is 33.1 Å². The Bertz CT molecular complexity index is 573. The second-order valence-corrected chi connectivity index (χ2v) is 5.58. The number of aliphatic hydroxyl groups excluding tert-OH is 1. The molecular formula is C12H10BrF2NOS. The molecule has 0 spiro atoms. The summed E-state index contributed by atoms with van der Waals surface area (Å²) < 4.78 is 27.5. The van der Waals surface area contributed by atoms with E-state index >= 15 is 0 Å². The Morgan fingerprint density at radius 2 is 2.17 bits per heavy atom. The largest absolute Gasteiger partial charge is 0.387 e. The highest BCUT2D eigenvalue weighted by molar-refractivity contribution is 9.10. The minimum absolute atomic E-state index is 0.111. The van der Waals surface area contributed by atoms with Crippen LogP contribution < -0.4 is 0 Å². The molecule has 2 rings (SSSR count). The van der Waals surface area contributed by atoms with Crippen molar-refractivity contribution in [3.63, 3.8) is 0 Å². The number of aryl methyl sites for hydroxylation is 1. The predicted octanol–water partition coefficient (Wildman–Crippen LogP) is 3.77. The molecule has 0 radical (unpaired) electrons. The lowest BCUT2D eigenvalue weighted by Crippen LogP contribution is -2.06. The van der Waals surface area contributed by atoms with Gasteiger partial charge in [-0.15, -0.1) is 11.3 Å². The molecule has 0 aliphatic rings. The predicted molar refractivity (Wildman–Crippen MR) is 69.6 cm³/mol. The fraction of sp³-hybridized carbons (Fsp3) is 0.250. The smallest absolute Gasteiger partial charge is 0.143 e. The van der Waals surface area contributed by atoms with E-state index in [0.29, 0.717) is 10.6 Å². The summed E-state index contributed by atoms with van der Waals surface area (Å²) in [6.45, 7) is 1.75. The average Bonchev–Trinajstić information content (AvgIpc) is 2.76. The summed E-state index contributed by atoms with van der Waals surface area (Å²) in [7, 11) is 0. The van der Waals surface area contributed by atoms with Gasteiger partial charge in [-0.1, -0.05) is 0 Å². The van der Waals surface area contributed by atoms with Gasteiger partial charge in [0.25, 0.3) is 0 Å². The summed E-state index contributed by atoms with van der Waals surface area (Å²) in [5.41, 5.74) is 2.16. The first kappa shape index (κ1) is 13.6. The van der Waals surface area contributed by atoms with Crippen LogP contribution in [-0.2, 0) is 6.42 Å². The van der Waals surface area contributed by atoms with E-state index in [4.69, 9.17) is 0 Å². The Balaban J connectivity index is 2.30. The molecular weight excluding hydrogens is 324 g/mol. The quantitative estimate of drug-likeness (QED) is 0.867. The van der Waals surface area contributed by atoms with Crippen molar-refractivity contribution in [2.24, 2.45) is 0 Å². The van der Waals surface area contributed by atoms with Crippen molar-refractivity contribution in [2.75, 3.05) is 0 Å². The van der Waals surface area contributed by atoms with E-state index in [-0.39, 0.29) is 16.5 Å². The lowest BCUT2D eigenvalue weighted by molar-refractivity contribution is 0.178. The number of benzene rings is 1. The highest BCUT2D eigenvalue weighted by Crippen LogP contribution is 2.29. The van der Waals surface area contributed by atoms with Crippen molar-refractivity contribution in [3.05, 3.63) is 49.9 Å². The number of aromatic nitrogens is 1. The molecule has 2 aromatic rings. The Hall–Kier alpha value is -0.850. The lowest BCUT2D eigenvalue weighted by Gasteiger charge is -2.11. The summed E-state index contributed by atoms with van der Waals surface area (Å²) in [6.07, 6.45) is -1.06. The van der Waals surface area contributed by atoms with Gasteiger partial charge < -0.3 is 5.11 Å². The van der Waals surface area contributed by atoms with Crippen molar-refractivity contribution in [1.82, 2.24) is 4.98 Å². The van der Waals surface area contributed by atoms with E-state index < -0.39 is 17.7 Å². The molecule has 0 saturated carbocycles. The number of aliphatic hydroxyl groups is 1. The second-order valence-electron chi connectivity index (χ2n) is 3.84. The first-order chi connectivity index (χ1) is 8.50. The Kier molecular flexibility index (Phi) is 4.09. The maximum Gasteiger partial charge on any atom is 0.143 e. The van der Waals surface area contributed by atoms with Crippen LogP contribution in [0.2, 0.25) is 0 Å². The maximum absolute atomic E-state index is 13.8. The van der Waals surface area contributed by atoms with E-state index in [1.807, 2.05) is 0 Å². The highest BCUT2D eigenvalue weighted by atomic mass is 79.9. The molecule has 0 fully saturated rings. The third-order valence-corrected chi connectivity index (χ3v) is 4.27. The van der Waals surface area contributed by atoms with Gasteiger partial charge in [0.1, 0.15) is 11.6 Å². The Morgan fingerprint density at radius 3 is 2.78 bits per heavy atom. The maximum atomic E-state index is 13.8. The third kappa shape index (κ3) is 2.60. The van der Waals surface area contributed by atoms with E-state index in [2.05, 4.69) is 20.9 Å². The molecule has 0 amide bonds. The molecule has 6 heteroatoms. The fourth-order valence-electron chi connectivity index (χ4n) is 1.67. The van der Waals surface area contributed by atoms with Crippen LogP contribution in [0.1, 0.15) is 22.2 Å². The number of rotatable bonds is 3. The van der Waals surface area contributed by atoms with Crippen LogP contribution in [0.15, 0.2) is 22.1 Å². The van der Waals surface area contributed by atoms with Gasteiger partial charge in [-0.25, -0.2) is 13.8 Å². The van der Waals surface area contributed by atoms with Crippen LogP contribution in [0.25, 0.3) is 0 Å². The highest BCUT2D eigenvalue weighted by Gasteiger charge is 2.19. The first-order valence-electron chi connectivity index (χ1n) is 5.21. The van der Waals surface area contributed by atoms with Crippen molar-refractivity contribution < 1.29 is 13.9 Å². The Labute approximate surface area is 115 Å². The van der Waals surface area contributed by atoms with Gasteiger partial charge in [-0.2, -0.15) is 0 Å². The van der Waals surface area contributed by atoms with Crippen LogP contribution in [0.3, 0.4) is 0 Å². The van der Waals surface area contributed by atoms with Crippen LogP contribution >= 0.6 is 27.3 Å². The molecule has 1 atom stereocenters. The molecule has 1 aromatic heterocycles. The molecule has 18 heavy (non-hydrogen) atoms. The Morgan fingerprint density at radius 1 is 1.44 bits per heavy atom. The second kappa shape index (κ2) is 5.42. The lowest BCUT2D eigenvalue weighted by atomic mass is 10.0. The molecule has 96 valence electrons. The van der Waals surface area contributed by atoms with E-state index in [1.54, 1.807) is 12.4 Å². The summed E-state index contributed by atoms with van der Waals surface area (Å²) in [5, 5.41) is 10.0. The molecule has 1 N–H and O–H groups in total. The zero-order chi connectivity index (χ0) is 13.3. The van der Waals surface area contributed by atoms with Gasteiger partial charge in [0.05, 0.1) is 26.7 Å². The molecule has 0 aliphatic heterocycles. The zero-order valence-electron chi connectivity index (χ0n) is 9.45. The van der Waals surface area contributed by atoms with Gasteiger partial charge in [-0.3, -0.25) is 0 Å². The van der Waals surface area contributed by atoms with E-state index in [9.17, 15) is 13.9 Å². The summed E-state index contributed by atoms with van der Waals surface area (Å²) in [5.74, 6) is -1.33. The number of halogens is 3. The molecule has 0 bridgehead atoms. The standard InChI is InChI=1S/C12H10BrF2NOS/c1-6-12(18-5-16-6)10(17)4-7-9(14)3-2-8(13)11(7)15/h2-3,5,10,17H,4H2,1H3. The monoisotopic (exact) mass is 333 g/mol. The van der Waals surface area contributed by atoms with Crippen molar-refractivity contribution in [3.8, 4) is 0 Å². The number of nitrogens with zero attached hydrogens (tertiary/aromatic N) is 1. The number of thiazole rings is 1. The first-order valence-corrected chi connectivity index (χ1v) is 6.88. The van der Waals surface area contributed by atoms with Crippen LogP contribution in [0, 0.1) is 18.6 Å². The molecule has 1 aromatic carbocycles. The molecule has 1 heterocycles. The fourth-order valence-corrected chi connectivity index (χ4v) is 2.83. The van der Waals surface area contributed by atoms with Gasteiger partial charge in [-0.05, 0) is 35.0 Å². The summed E-state index contributed by atoms with van der Waals surface area (Å²) >= 11 is 4.28. The molecule has 0 saturated heterocycles. The van der Waals surface area contributed by atoms with E-state index in [0.717, 1.165) is 0 Å². The average molecular weight is 334 g/mol. The zero-order valence-corrected chi connectivity index (χ0v) is 11.9. The van der Waals surface area contributed by atoms with Crippen LogP contribution in [0.5, 0.6) is 0 Å². The summed E-state index contributed by atoms with van der Waals surface area (Å²) in [4.78, 5) is 4.64. The minimum atomic E-state index is -0.948. The van der Waals surface area contributed by atoms with Gasteiger partial charge in [0.2, 0.25) is 0 Å². The summed E-state index contributed by atoms with van der Waals surface area (Å²) in [6, 6.07) is 2.48. The van der Waals surface area contributed by atoms with Crippen molar-refractivity contribution in [1.29, 1.82) is 0 Å². The number of hydrogen-bond donors (Lipinski definition) is 1. The normalized spacial score (nSPS) is 12.7. The van der Waals surface area contributed by atoms with Gasteiger partial charge >= 0.3 is 0 Å². The van der Waals surface area contributed by atoms with Crippen molar-refractivity contribution in [2.45, 2.75) is 19.4 Å². The minimum Gasteiger partial charge on any atom is -0.387 e. The van der Waals surface area contributed by atoms with Crippen LogP contribution in [0.4, 0.5) is 8.78 Å². The van der Waals surface area contributed by atoms with Gasteiger partial charge in [0, 0.05) is 12.0 Å². The van der Waals surface area contributed by atoms with Crippen molar-refractivity contribution >= 4 is 27.3 Å². The van der Waals surface area contributed by atoms with Gasteiger partial charge in [0.15, 0.2) is 0 Å². The SMILES string of the molecule is Cc1ncsc1C(O)Cc1c(F)ccc(Br)c1F. The molecule has 0 aliphatic carbocycles. The third-order valence-electron chi connectivity index (χ3n) is 2.62. The number of hydrogen-bond acceptors (Lipinski definition) is 3. The molecule has 1 unspecified atom stereocenters. The molecule has 2 nitrogen and oxygen atoms in total. The van der Waals surface area contributed by atoms with Crippen LogP contribution in [-0.4, -0.2) is 10.1 Å².